The van der Waals surface area contributed by atoms with Gasteiger partial charge >= 0.3 is 0 Å². The Kier molecular flexibility index (Phi) is 6.02. The fraction of sp³-hybridized carbons (Fsp3) is 0.250. The van der Waals surface area contributed by atoms with Crippen molar-refractivity contribution in [3.05, 3.63) is 82.5 Å². The maximum atomic E-state index is 13.2. The van der Waals surface area contributed by atoms with Crippen LogP contribution in [0.5, 0.6) is 0 Å². The summed E-state index contributed by atoms with van der Waals surface area (Å²) < 4.78 is 6.90. The molecule has 4 rings (SSSR count). The molecule has 0 aliphatic carbocycles. The monoisotopic (exact) mass is 431 g/mol. The van der Waals surface area contributed by atoms with Crippen LogP contribution in [0.4, 0.5) is 5.82 Å². The molecule has 32 heavy (non-hydrogen) atoms. The van der Waals surface area contributed by atoms with E-state index >= 15 is 0 Å². The number of anilines is 1. The van der Waals surface area contributed by atoms with Crippen molar-refractivity contribution < 1.29 is 9.21 Å². The molecule has 4 aromatic rings. The van der Waals surface area contributed by atoms with E-state index < -0.39 is 0 Å². The van der Waals surface area contributed by atoms with Gasteiger partial charge in [0.05, 0.1) is 17.9 Å². The van der Waals surface area contributed by atoms with E-state index in [0.717, 1.165) is 5.56 Å². The lowest BCUT2D eigenvalue weighted by Crippen LogP contribution is -2.23. The average molecular weight is 431 g/mol. The molecule has 3 aromatic heterocycles. The topological polar surface area (TPSA) is 106 Å². The smallest absolute Gasteiger partial charge is 0.252 e. The fourth-order valence-electron chi connectivity index (χ4n) is 3.51. The molecule has 8 heteroatoms. The van der Waals surface area contributed by atoms with E-state index in [1.165, 1.54) is 10.7 Å². The summed E-state index contributed by atoms with van der Waals surface area (Å²) in [5.41, 5.74) is 1.78. The van der Waals surface area contributed by atoms with Gasteiger partial charge in [-0.2, -0.15) is 9.78 Å². The van der Waals surface area contributed by atoms with Gasteiger partial charge in [-0.3, -0.25) is 14.6 Å². The maximum absolute atomic E-state index is 13.2. The Labute approximate surface area is 185 Å². The molecular weight excluding hydrogens is 406 g/mol. The van der Waals surface area contributed by atoms with Crippen LogP contribution in [0.25, 0.3) is 17.4 Å². The molecule has 1 amide bonds. The molecule has 2 N–H and O–H groups in total. The van der Waals surface area contributed by atoms with E-state index in [1.807, 2.05) is 51.1 Å². The molecule has 8 nitrogen and oxygen atoms in total. The predicted molar refractivity (Wildman–Crippen MR) is 122 cm³/mol. The highest BCUT2D eigenvalue weighted by Crippen LogP contribution is 2.27. The first-order valence-corrected chi connectivity index (χ1v) is 10.6. The largest absolute Gasteiger partial charge is 0.463 e. The zero-order chi connectivity index (χ0) is 22.7. The summed E-state index contributed by atoms with van der Waals surface area (Å²) in [5.74, 6) is 0.698. The second-order valence-electron chi connectivity index (χ2n) is 7.81. The van der Waals surface area contributed by atoms with Gasteiger partial charge < -0.3 is 9.73 Å². The molecule has 3 heterocycles. The molecule has 0 saturated heterocycles. The second-order valence-corrected chi connectivity index (χ2v) is 7.81. The minimum atomic E-state index is -0.333. The van der Waals surface area contributed by atoms with E-state index in [1.54, 1.807) is 24.5 Å². The number of amides is 1. The summed E-state index contributed by atoms with van der Waals surface area (Å²) in [7, 11) is 0. The highest BCUT2D eigenvalue weighted by molar-refractivity contribution is 5.95. The molecule has 0 aliphatic rings. The highest BCUT2D eigenvalue weighted by Gasteiger charge is 2.22. The van der Waals surface area contributed by atoms with Crippen LogP contribution in [-0.4, -0.2) is 25.7 Å². The van der Waals surface area contributed by atoms with E-state index in [2.05, 4.69) is 20.4 Å². The second kappa shape index (κ2) is 9.05. The number of aromatic amines is 1. The van der Waals surface area contributed by atoms with Gasteiger partial charge in [0.1, 0.15) is 11.5 Å². The van der Waals surface area contributed by atoms with Crippen LogP contribution in [0.15, 0.2) is 70.1 Å². The zero-order valence-electron chi connectivity index (χ0n) is 18.2. The quantitative estimate of drug-likeness (QED) is 0.449. The first kappa shape index (κ1) is 21.3. The number of hydrogen-bond donors (Lipinski definition) is 2. The summed E-state index contributed by atoms with van der Waals surface area (Å²) >= 11 is 0. The lowest BCUT2D eigenvalue weighted by atomic mass is 9.96. The van der Waals surface area contributed by atoms with E-state index in [-0.39, 0.29) is 29.3 Å². The van der Waals surface area contributed by atoms with Gasteiger partial charge in [-0.1, -0.05) is 51.1 Å². The Morgan fingerprint density at radius 3 is 2.59 bits per heavy atom. The Bertz CT molecular complexity index is 1260. The number of carbonyl (C=O) groups excluding carboxylic acids is 1. The van der Waals surface area contributed by atoms with E-state index in [4.69, 9.17) is 4.42 Å². The third-order valence-electron chi connectivity index (χ3n) is 5.20. The lowest BCUT2D eigenvalue weighted by molar-refractivity contribution is -0.117. The summed E-state index contributed by atoms with van der Waals surface area (Å²) in [4.78, 5) is 32.7. The molecule has 0 aliphatic heterocycles. The zero-order valence-corrected chi connectivity index (χ0v) is 18.2. The highest BCUT2D eigenvalue weighted by atomic mass is 16.3. The Balaban J connectivity index is 1.76. The average Bonchev–Trinajstić information content (AvgIpc) is 3.45. The summed E-state index contributed by atoms with van der Waals surface area (Å²) in [5, 5.41) is 7.52. The standard InChI is InChI=1S/C24H25N5O3/c1-4-17(16-9-6-5-7-10-16)23(31)26-21-13-19(20-11-8-12-32-20)28-29(21)24-25-18(15(2)3)14-22(30)27-24/h5-15,17H,4H2,1-3H3,(H,26,31)(H,25,27,30)/t17-/m1/s1. The van der Waals surface area contributed by atoms with Crippen molar-refractivity contribution in [2.75, 3.05) is 5.32 Å². The molecule has 1 atom stereocenters. The van der Waals surface area contributed by atoms with Crippen LogP contribution in [0.1, 0.15) is 50.3 Å². The van der Waals surface area contributed by atoms with Crippen molar-refractivity contribution in [3.63, 3.8) is 0 Å². The number of aromatic nitrogens is 4. The normalized spacial score (nSPS) is 12.1. The number of carbonyl (C=O) groups is 1. The van der Waals surface area contributed by atoms with Crippen molar-refractivity contribution in [1.29, 1.82) is 0 Å². The third-order valence-corrected chi connectivity index (χ3v) is 5.20. The van der Waals surface area contributed by atoms with Crippen molar-refractivity contribution in [1.82, 2.24) is 19.7 Å². The summed E-state index contributed by atoms with van der Waals surface area (Å²) in [6.45, 7) is 5.88. The summed E-state index contributed by atoms with van der Waals surface area (Å²) in [6.07, 6.45) is 2.18. The Morgan fingerprint density at radius 2 is 1.94 bits per heavy atom. The molecule has 0 spiro atoms. The van der Waals surface area contributed by atoms with Gasteiger partial charge in [-0.05, 0) is 30.0 Å². The van der Waals surface area contributed by atoms with Crippen LogP contribution in [0, 0.1) is 0 Å². The molecule has 0 unspecified atom stereocenters. The predicted octanol–water partition coefficient (Wildman–Crippen LogP) is 4.47. The van der Waals surface area contributed by atoms with Crippen LogP contribution < -0.4 is 10.9 Å². The van der Waals surface area contributed by atoms with Gasteiger partial charge in [-0.15, -0.1) is 0 Å². The first-order chi connectivity index (χ1) is 15.5. The number of H-pyrrole nitrogens is 1. The van der Waals surface area contributed by atoms with Crippen LogP contribution in [0.3, 0.4) is 0 Å². The minimum Gasteiger partial charge on any atom is -0.463 e. The van der Waals surface area contributed by atoms with Crippen LogP contribution in [-0.2, 0) is 4.79 Å². The first-order valence-electron chi connectivity index (χ1n) is 10.6. The van der Waals surface area contributed by atoms with Gasteiger partial charge in [0, 0.05) is 12.1 Å². The Hall–Kier alpha value is -3.94. The van der Waals surface area contributed by atoms with Gasteiger partial charge in [-0.25, -0.2) is 4.98 Å². The SMILES string of the molecule is CC[C@@H](C(=O)Nc1cc(-c2ccco2)nn1-c1nc(C(C)C)cc(=O)[nH]1)c1ccccc1. The molecule has 164 valence electrons. The number of benzene rings is 1. The lowest BCUT2D eigenvalue weighted by Gasteiger charge is -2.16. The van der Waals surface area contributed by atoms with Gasteiger partial charge in [0.25, 0.3) is 5.56 Å². The molecule has 0 fully saturated rings. The number of hydrogen-bond acceptors (Lipinski definition) is 5. The molecule has 0 radical (unpaired) electrons. The Morgan fingerprint density at radius 1 is 1.16 bits per heavy atom. The number of nitrogens with zero attached hydrogens (tertiary/aromatic N) is 3. The fourth-order valence-corrected chi connectivity index (χ4v) is 3.51. The van der Waals surface area contributed by atoms with Crippen molar-refractivity contribution in [2.24, 2.45) is 0 Å². The number of nitrogens with one attached hydrogen (secondary N) is 2. The van der Waals surface area contributed by atoms with Crippen molar-refractivity contribution >= 4 is 11.7 Å². The molecule has 1 aromatic carbocycles. The molecule has 0 saturated carbocycles. The maximum Gasteiger partial charge on any atom is 0.252 e. The van der Waals surface area contributed by atoms with Gasteiger partial charge in [0.15, 0.2) is 5.76 Å². The third kappa shape index (κ3) is 4.39. The molecule has 0 bridgehead atoms. The number of furan rings is 1. The van der Waals surface area contributed by atoms with Gasteiger partial charge in [0.2, 0.25) is 11.9 Å². The van der Waals surface area contributed by atoms with Crippen molar-refractivity contribution in [3.8, 4) is 17.4 Å². The van der Waals surface area contributed by atoms with E-state index in [0.29, 0.717) is 29.4 Å². The van der Waals surface area contributed by atoms with Crippen molar-refractivity contribution in [2.45, 2.75) is 39.0 Å². The molecular formula is C24H25N5O3. The minimum absolute atomic E-state index is 0.0525. The van der Waals surface area contributed by atoms with Crippen LogP contribution >= 0.6 is 0 Å². The van der Waals surface area contributed by atoms with Crippen LogP contribution in [0.2, 0.25) is 0 Å². The number of rotatable bonds is 7. The van der Waals surface area contributed by atoms with E-state index in [9.17, 15) is 9.59 Å². The summed E-state index contributed by atoms with van der Waals surface area (Å²) in [6, 6.07) is 16.3.